The Morgan fingerprint density at radius 3 is 1.55 bits per heavy atom. The van der Waals surface area contributed by atoms with Crippen molar-refractivity contribution in [1.29, 1.82) is 0 Å². The molecule has 33 heavy (non-hydrogen) atoms. The zero-order valence-corrected chi connectivity index (χ0v) is 22.0. The average Bonchev–Trinajstić information content (AvgIpc) is 2.75. The van der Waals surface area contributed by atoms with Crippen molar-refractivity contribution in [2.45, 2.75) is 86.5 Å². The zero-order valence-electron chi connectivity index (χ0n) is 22.0. The Morgan fingerprint density at radius 2 is 1.09 bits per heavy atom. The third-order valence-electron chi connectivity index (χ3n) is 5.95. The van der Waals surface area contributed by atoms with Crippen molar-refractivity contribution >= 4 is 0 Å². The van der Waals surface area contributed by atoms with E-state index in [9.17, 15) is 10.2 Å². The third-order valence-corrected chi connectivity index (χ3v) is 5.95. The lowest BCUT2D eigenvalue weighted by Gasteiger charge is -2.17. The molecular weight excluding hydrogens is 412 g/mol. The van der Waals surface area contributed by atoms with Gasteiger partial charge in [0.25, 0.3) is 0 Å². The van der Waals surface area contributed by atoms with E-state index in [1.54, 1.807) is 6.92 Å². The largest absolute Gasteiger partial charge is 0.504 e. The van der Waals surface area contributed by atoms with Crippen molar-refractivity contribution in [2.75, 3.05) is 14.2 Å². The van der Waals surface area contributed by atoms with Gasteiger partial charge in [-0.3, -0.25) is 0 Å². The normalized spacial score (nSPS) is 12.7. The number of rotatable bonds is 13. The summed E-state index contributed by atoms with van der Waals surface area (Å²) in [6.07, 6.45) is 16.1. The molecule has 184 valence electrons. The van der Waals surface area contributed by atoms with Crippen LogP contribution >= 0.6 is 0 Å². The van der Waals surface area contributed by atoms with Crippen LogP contribution in [0.4, 0.5) is 0 Å². The van der Waals surface area contributed by atoms with Crippen LogP contribution in [0.2, 0.25) is 0 Å². The summed E-state index contributed by atoms with van der Waals surface area (Å²) in [6, 6.07) is 0. The van der Waals surface area contributed by atoms with Gasteiger partial charge in [0.05, 0.1) is 14.2 Å². The Balaban J connectivity index is 2.62. The van der Waals surface area contributed by atoms with Crippen LogP contribution in [0.25, 0.3) is 0 Å². The summed E-state index contributed by atoms with van der Waals surface area (Å²) in [4.78, 5) is 0. The highest BCUT2D eigenvalue weighted by molar-refractivity contribution is 5.66. The van der Waals surface area contributed by atoms with E-state index in [-0.39, 0.29) is 23.0 Å². The molecule has 0 aliphatic carbocycles. The van der Waals surface area contributed by atoms with E-state index < -0.39 is 0 Å². The predicted molar refractivity (Wildman–Crippen MR) is 140 cm³/mol. The minimum absolute atomic E-state index is 0.00740. The van der Waals surface area contributed by atoms with E-state index in [0.717, 1.165) is 38.5 Å². The maximum absolute atomic E-state index is 10.6. The molecule has 1 aromatic carbocycles. The molecule has 1 rings (SSSR count). The van der Waals surface area contributed by atoms with Crippen molar-refractivity contribution in [3.63, 3.8) is 0 Å². The van der Waals surface area contributed by atoms with Crippen LogP contribution < -0.4 is 9.47 Å². The van der Waals surface area contributed by atoms with Crippen LogP contribution in [0.3, 0.4) is 0 Å². The van der Waals surface area contributed by atoms with E-state index in [1.165, 1.54) is 36.5 Å². The molecule has 0 heterocycles. The Hall–Kier alpha value is -2.62. The number of phenolic OH excluding ortho intramolecular Hbond substituents is 2. The van der Waals surface area contributed by atoms with Gasteiger partial charge in [0, 0.05) is 11.1 Å². The molecule has 0 aliphatic heterocycles. The van der Waals surface area contributed by atoms with E-state index in [2.05, 4.69) is 58.9 Å². The Kier molecular flexibility index (Phi) is 12.5. The number of ether oxygens (including phenoxy) is 2. The molecule has 0 unspecified atom stereocenters. The lowest BCUT2D eigenvalue weighted by molar-refractivity contribution is 0.314. The van der Waals surface area contributed by atoms with E-state index >= 15 is 0 Å². The fraction of sp³-hybridized carbons (Fsp3) is 0.517. The van der Waals surface area contributed by atoms with Gasteiger partial charge in [0.15, 0.2) is 11.5 Å². The maximum atomic E-state index is 10.6. The number of hydrogen-bond donors (Lipinski definition) is 2. The van der Waals surface area contributed by atoms with Gasteiger partial charge >= 0.3 is 0 Å². The molecule has 0 atom stereocenters. The molecule has 0 bridgehead atoms. The second-order valence-electron chi connectivity index (χ2n) is 9.12. The SMILES string of the molecule is COc1c(O)c(C)c(C/C=C(\C)CCC=C(C)CCC=C(C)CCC=C(C)C)c(O)c1OC. The topological polar surface area (TPSA) is 58.9 Å². The van der Waals surface area contributed by atoms with Crippen molar-refractivity contribution < 1.29 is 19.7 Å². The summed E-state index contributed by atoms with van der Waals surface area (Å²) >= 11 is 0. The molecule has 1 aromatic rings. The molecule has 2 N–H and O–H groups in total. The second-order valence-corrected chi connectivity index (χ2v) is 9.12. The molecule has 0 saturated carbocycles. The Labute approximate surface area is 201 Å². The van der Waals surface area contributed by atoms with Gasteiger partial charge in [-0.25, -0.2) is 0 Å². The third kappa shape index (κ3) is 9.41. The standard InChI is InChI=1S/C29H44O4/c1-20(2)12-9-13-21(3)14-10-15-22(4)16-11-17-23(5)18-19-25-24(6)26(30)28(32-7)29(33-8)27(25)31/h12,14,16,18,30-31H,9-11,13,15,17,19H2,1-8H3/b21-14?,22-16?,23-18+. The molecular formula is C29H44O4. The maximum Gasteiger partial charge on any atom is 0.207 e. The van der Waals surface area contributed by atoms with Gasteiger partial charge < -0.3 is 19.7 Å². The van der Waals surface area contributed by atoms with Crippen LogP contribution in [-0.2, 0) is 6.42 Å². The van der Waals surface area contributed by atoms with Crippen LogP contribution in [0.15, 0.2) is 46.6 Å². The van der Waals surface area contributed by atoms with Gasteiger partial charge in [0.1, 0.15) is 0 Å². The monoisotopic (exact) mass is 456 g/mol. The lowest BCUT2D eigenvalue weighted by atomic mass is 9.99. The first kappa shape index (κ1) is 28.4. The quantitative estimate of drug-likeness (QED) is 0.232. The van der Waals surface area contributed by atoms with Crippen molar-refractivity contribution in [3.05, 3.63) is 57.7 Å². The van der Waals surface area contributed by atoms with E-state index in [4.69, 9.17) is 9.47 Å². The van der Waals surface area contributed by atoms with Gasteiger partial charge in [-0.15, -0.1) is 0 Å². The number of hydrogen-bond acceptors (Lipinski definition) is 4. The minimum Gasteiger partial charge on any atom is -0.504 e. The van der Waals surface area contributed by atoms with Crippen molar-refractivity contribution in [2.24, 2.45) is 0 Å². The summed E-state index contributed by atoms with van der Waals surface area (Å²) in [5.41, 5.74) is 6.80. The number of aromatic hydroxyl groups is 2. The molecule has 0 aliphatic rings. The van der Waals surface area contributed by atoms with Crippen LogP contribution in [0.1, 0.15) is 84.3 Å². The molecule has 0 aromatic heterocycles. The first-order chi connectivity index (χ1) is 15.6. The molecule has 4 heteroatoms. The van der Waals surface area contributed by atoms with Gasteiger partial charge in [-0.1, -0.05) is 46.6 Å². The smallest absolute Gasteiger partial charge is 0.207 e. The highest BCUT2D eigenvalue weighted by atomic mass is 16.5. The van der Waals surface area contributed by atoms with E-state index in [0.29, 0.717) is 17.5 Å². The number of phenols is 2. The van der Waals surface area contributed by atoms with E-state index in [1.807, 2.05) is 0 Å². The summed E-state index contributed by atoms with van der Waals surface area (Å²) < 4.78 is 10.4. The molecule has 0 fully saturated rings. The molecule has 0 amide bonds. The first-order valence-electron chi connectivity index (χ1n) is 11.9. The number of benzene rings is 1. The summed E-state index contributed by atoms with van der Waals surface area (Å²) in [7, 11) is 2.90. The van der Waals surface area contributed by atoms with Crippen molar-refractivity contribution in [1.82, 2.24) is 0 Å². The van der Waals surface area contributed by atoms with Gasteiger partial charge in [-0.2, -0.15) is 0 Å². The van der Waals surface area contributed by atoms with Crippen molar-refractivity contribution in [3.8, 4) is 23.0 Å². The zero-order chi connectivity index (χ0) is 25.0. The molecule has 0 saturated heterocycles. The summed E-state index contributed by atoms with van der Waals surface area (Å²) in [5.74, 6) is 0.360. The predicted octanol–water partition coefficient (Wildman–Crippen LogP) is 8.11. The fourth-order valence-corrected chi connectivity index (χ4v) is 3.73. The van der Waals surface area contributed by atoms with Gasteiger partial charge in [0.2, 0.25) is 11.5 Å². The Morgan fingerprint density at radius 1 is 0.667 bits per heavy atom. The highest BCUT2D eigenvalue weighted by Crippen LogP contribution is 2.48. The minimum atomic E-state index is 0.00740. The molecule has 0 radical (unpaired) electrons. The summed E-state index contributed by atoms with van der Waals surface area (Å²) in [6.45, 7) is 12.6. The van der Waals surface area contributed by atoms with Crippen LogP contribution in [0, 0.1) is 6.92 Å². The molecule has 0 spiro atoms. The lowest BCUT2D eigenvalue weighted by Crippen LogP contribution is -1.98. The van der Waals surface area contributed by atoms with Crippen LogP contribution in [-0.4, -0.2) is 24.4 Å². The first-order valence-corrected chi connectivity index (χ1v) is 11.9. The number of methoxy groups -OCH3 is 2. The second kappa shape index (κ2) is 14.5. The van der Waals surface area contributed by atoms with Crippen LogP contribution in [0.5, 0.6) is 23.0 Å². The average molecular weight is 457 g/mol. The fourth-order valence-electron chi connectivity index (χ4n) is 3.73. The summed E-state index contributed by atoms with van der Waals surface area (Å²) in [5, 5.41) is 21.0. The Bertz CT molecular complexity index is 897. The number of allylic oxidation sites excluding steroid dienone is 8. The van der Waals surface area contributed by atoms with Gasteiger partial charge in [-0.05, 0) is 86.5 Å². The molecule has 4 nitrogen and oxygen atoms in total. The highest BCUT2D eigenvalue weighted by Gasteiger charge is 2.22.